The molecule has 0 spiro atoms. The van der Waals surface area contributed by atoms with Crippen LogP contribution in [-0.2, 0) is 6.54 Å². The van der Waals surface area contributed by atoms with Crippen LogP contribution in [0.2, 0.25) is 0 Å². The van der Waals surface area contributed by atoms with E-state index in [0.717, 1.165) is 37.0 Å². The highest BCUT2D eigenvalue weighted by Crippen LogP contribution is 2.16. The highest BCUT2D eigenvalue weighted by atomic mass is 15.2. The van der Waals surface area contributed by atoms with Crippen LogP contribution in [0.15, 0.2) is 18.5 Å². The van der Waals surface area contributed by atoms with Crippen LogP contribution in [0.4, 0.5) is 5.95 Å². The van der Waals surface area contributed by atoms with E-state index in [-0.39, 0.29) is 0 Å². The Hall–Kier alpha value is -1.62. The monoisotopic (exact) mass is 233 g/mol. The van der Waals surface area contributed by atoms with Gasteiger partial charge in [-0.05, 0) is 39.5 Å². The lowest BCUT2D eigenvalue weighted by Gasteiger charge is -2.10. The second kappa shape index (κ2) is 5.14. The summed E-state index contributed by atoms with van der Waals surface area (Å²) in [4.78, 5) is 10.5. The van der Waals surface area contributed by atoms with Gasteiger partial charge in [-0.3, -0.25) is 4.98 Å². The van der Waals surface area contributed by atoms with Gasteiger partial charge in [0.15, 0.2) is 0 Å². The molecule has 0 aliphatic rings. The lowest BCUT2D eigenvalue weighted by molar-refractivity contribution is 0.388. The second-order valence-electron chi connectivity index (χ2n) is 4.50. The summed E-state index contributed by atoms with van der Waals surface area (Å²) in [5.41, 5.74) is 7.85. The average molecular weight is 233 g/mol. The maximum absolute atomic E-state index is 5.91. The van der Waals surface area contributed by atoms with Gasteiger partial charge in [0.2, 0.25) is 5.95 Å². The van der Waals surface area contributed by atoms with Gasteiger partial charge in [-0.2, -0.15) is 0 Å². The number of nitrogen functional groups attached to an aromatic ring is 1. The first-order chi connectivity index (χ1) is 8.18. The quantitative estimate of drug-likeness (QED) is 0.792. The van der Waals surface area contributed by atoms with Gasteiger partial charge < -0.3 is 15.2 Å². The summed E-state index contributed by atoms with van der Waals surface area (Å²) in [6.07, 6.45) is 5.80. The molecule has 0 radical (unpaired) electrons. The summed E-state index contributed by atoms with van der Waals surface area (Å²) >= 11 is 0. The first kappa shape index (κ1) is 11.9. The maximum Gasteiger partial charge on any atom is 0.201 e. The molecule has 0 atom stereocenters. The molecule has 0 aliphatic carbocycles. The van der Waals surface area contributed by atoms with Gasteiger partial charge in [-0.1, -0.05) is 0 Å². The van der Waals surface area contributed by atoms with Crippen LogP contribution in [0.1, 0.15) is 12.8 Å². The zero-order valence-electron chi connectivity index (χ0n) is 10.4. The lowest BCUT2D eigenvalue weighted by atomic mass is 10.3. The first-order valence-electron chi connectivity index (χ1n) is 5.89. The van der Waals surface area contributed by atoms with E-state index in [2.05, 4.69) is 33.5 Å². The van der Waals surface area contributed by atoms with Crippen molar-refractivity contribution in [2.45, 2.75) is 19.4 Å². The van der Waals surface area contributed by atoms with Crippen LogP contribution in [-0.4, -0.2) is 40.1 Å². The number of hydrogen-bond donors (Lipinski definition) is 1. The minimum atomic E-state index is 0.581. The van der Waals surface area contributed by atoms with E-state index in [4.69, 9.17) is 5.73 Å². The van der Waals surface area contributed by atoms with Crippen LogP contribution >= 0.6 is 0 Å². The smallest absolute Gasteiger partial charge is 0.201 e. The number of pyridine rings is 1. The van der Waals surface area contributed by atoms with Crippen molar-refractivity contribution in [1.29, 1.82) is 0 Å². The van der Waals surface area contributed by atoms with E-state index in [9.17, 15) is 0 Å². The number of imidazole rings is 1. The molecule has 5 nitrogen and oxygen atoms in total. The largest absolute Gasteiger partial charge is 0.369 e. The Labute approximate surface area is 101 Å². The van der Waals surface area contributed by atoms with Crippen molar-refractivity contribution in [3.05, 3.63) is 18.5 Å². The molecule has 0 saturated heterocycles. The summed E-state index contributed by atoms with van der Waals surface area (Å²) in [7, 11) is 4.18. The number of anilines is 1. The van der Waals surface area contributed by atoms with Crippen molar-refractivity contribution >= 4 is 17.0 Å². The van der Waals surface area contributed by atoms with E-state index in [1.54, 1.807) is 12.4 Å². The molecule has 2 N–H and O–H groups in total. The van der Waals surface area contributed by atoms with E-state index in [1.807, 2.05) is 6.07 Å². The van der Waals surface area contributed by atoms with Crippen molar-refractivity contribution in [3.63, 3.8) is 0 Å². The van der Waals surface area contributed by atoms with Gasteiger partial charge in [-0.25, -0.2) is 4.98 Å². The first-order valence-corrected chi connectivity index (χ1v) is 5.89. The fraction of sp³-hybridized carbons (Fsp3) is 0.500. The van der Waals surface area contributed by atoms with Crippen molar-refractivity contribution in [2.75, 3.05) is 26.4 Å². The van der Waals surface area contributed by atoms with Crippen LogP contribution in [0.5, 0.6) is 0 Å². The third kappa shape index (κ3) is 2.74. The maximum atomic E-state index is 5.91. The number of aromatic nitrogens is 3. The number of unbranched alkanes of at least 4 members (excludes halogenated alkanes) is 1. The van der Waals surface area contributed by atoms with E-state index in [1.165, 1.54) is 0 Å². The van der Waals surface area contributed by atoms with Gasteiger partial charge in [0.05, 0.1) is 11.7 Å². The molecule has 0 bridgehead atoms. The minimum absolute atomic E-state index is 0.581. The molecule has 2 aromatic rings. The number of rotatable bonds is 5. The third-order valence-corrected chi connectivity index (χ3v) is 2.82. The molecule has 0 aliphatic heterocycles. The molecule has 2 heterocycles. The summed E-state index contributed by atoms with van der Waals surface area (Å²) in [6.45, 7) is 2.02. The molecule has 2 aromatic heterocycles. The van der Waals surface area contributed by atoms with E-state index in [0.29, 0.717) is 5.95 Å². The van der Waals surface area contributed by atoms with Crippen LogP contribution in [0, 0.1) is 0 Å². The predicted molar refractivity (Wildman–Crippen MR) is 69.7 cm³/mol. The van der Waals surface area contributed by atoms with Gasteiger partial charge >= 0.3 is 0 Å². The lowest BCUT2D eigenvalue weighted by Crippen LogP contribution is -2.13. The molecule has 0 fully saturated rings. The van der Waals surface area contributed by atoms with Crippen molar-refractivity contribution in [2.24, 2.45) is 0 Å². The van der Waals surface area contributed by atoms with Gasteiger partial charge in [-0.15, -0.1) is 0 Å². The highest BCUT2D eigenvalue weighted by Gasteiger charge is 2.06. The van der Waals surface area contributed by atoms with E-state index >= 15 is 0 Å². The summed E-state index contributed by atoms with van der Waals surface area (Å²) < 4.78 is 2.06. The Morgan fingerprint density at radius 3 is 2.94 bits per heavy atom. The summed E-state index contributed by atoms with van der Waals surface area (Å²) in [5, 5.41) is 0. The highest BCUT2D eigenvalue weighted by molar-refractivity contribution is 5.76. The molecule has 5 heteroatoms. The zero-order valence-corrected chi connectivity index (χ0v) is 10.4. The van der Waals surface area contributed by atoms with Crippen LogP contribution in [0.25, 0.3) is 11.0 Å². The molecule has 0 amide bonds. The zero-order chi connectivity index (χ0) is 12.3. The molecule has 0 unspecified atom stereocenters. The summed E-state index contributed by atoms with van der Waals surface area (Å²) in [6, 6.07) is 1.96. The molecular formula is C12H19N5. The van der Waals surface area contributed by atoms with E-state index < -0.39 is 0 Å². The van der Waals surface area contributed by atoms with Crippen LogP contribution in [0.3, 0.4) is 0 Å². The standard InChI is InChI=1S/C12H19N5/c1-16(2)7-3-4-8-17-11-5-6-14-9-10(11)15-12(17)13/h5-6,9H,3-4,7-8H2,1-2H3,(H2,13,15). The third-order valence-electron chi connectivity index (χ3n) is 2.82. The number of aryl methyl sites for hydroxylation is 1. The van der Waals surface area contributed by atoms with Crippen molar-refractivity contribution in [3.8, 4) is 0 Å². The number of fused-ring (bicyclic) bond motifs is 1. The number of nitrogens with zero attached hydrogens (tertiary/aromatic N) is 4. The van der Waals surface area contributed by atoms with Crippen molar-refractivity contribution < 1.29 is 0 Å². The molecule has 2 rings (SSSR count). The topological polar surface area (TPSA) is 60.0 Å². The Balaban J connectivity index is 2.05. The fourth-order valence-corrected chi connectivity index (χ4v) is 1.93. The number of hydrogen-bond acceptors (Lipinski definition) is 4. The Kier molecular flexibility index (Phi) is 3.58. The Morgan fingerprint density at radius 2 is 2.18 bits per heavy atom. The fourth-order valence-electron chi connectivity index (χ4n) is 1.93. The van der Waals surface area contributed by atoms with Crippen molar-refractivity contribution in [1.82, 2.24) is 19.4 Å². The SMILES string of the molecule is CN(C)CCCCn1c(N)nc2cnccc21. The second-order valence-corrected chi connectivity index (χ2v) is 4.50. The molecule has 0 aromatic carbocycles. The normalized spacial score (nSPS) is 11.5. The average Bonchev–Trinajstić information content (AvgIpc) is 2.60. The molecular weight excluding hydrogens is 214 g/mol. The van der Waals surface area contributed by atoms with Gasteiger partial charge in [0.1, 0.15) is 5.52 Å². The Bertz CT molecular complexity index is 489. The minimum Gasteiger partial charge on any atom is -0.369 e. The molecule has 0 saturated carbocycles. The van der Waals surface area contributed by atoms with Gasteiger partial charge in [0, 0.05) is 12.7 Å². The predicted octanol–water partition coefficient (Wildman–Crippen LogP) is 1.36. The number of nitrogens with two attached hydrogens (primary N) is 1. The molecule has 17 heavy (non-hydrogen) atoms. The van der Waals surface area contributed by atoms with Gasteiger partial charge in [0.25, 0.3) is 0 Å². The summed E-state index contributed by atoms with van der Waals surface area (Å²) in [5.74, 6) is 0.581. The molecule has 92 valence electrons. The Morgan fingerprint density at radius 1 is 1.35 bits per heavy atom. The van der Waals surface area contributed by atoms with Crippen LogP contribution < -0.4 is 5.73 Å².